The van der Waals surface area contributed by atoms with E-state index in [1.807, 2.05) is 21.7 Å². The topological polar surface area (TPSA) is 70.2 Å². The second kappa shape index (κ2) is 7.04. The summed E-state index contributed by atoms with van der Waals surface area (Å²) in [5, 5.41) is 3.96. The molecule has 1 aromatic heterocycles. The molecular formula is C17H17N3O4S. The fourth-order valence-electron chi connectivity index (χ4n) is 2.57. The molecule has 2 heterocycles. The van der Waals surface area contributed by atoms with Gasteiger partial charge in [0.05, 0.1) is 19.5 Å². The van der Waals surface area contributed by atoms with E-state index in [2.05, 4.69) is 0 Å². The van der Waals surface area contributed by atoms with Gasteiger partial charge in [-0.2, -0.15) is 11.3 Å². The molecular weight excluding hydrogens is 342 g/mol. The summed E-state index contributed by atoms with van der Waals surface area (Å²) in [6.07, 6.45) is 0. The zero-order valence-electron chi connectivity index (χ0n) is 13.8. The first-order valence-corrected chi connectivity index (χ1v) is 8.49. The van der Waals surface area contributed by atoms with E-state index >= 15 is 0 Å². The van der Waals surface area contributed by atoms with Crippen LogP contribution < -0.4 is 9.64 Å². The summed E-state index contributed by atoms with van der Waals surface area (Å²) in [6, 6.07) is 7.74. The number of nitrogens with zero attached hydrogens (tertiary/aromatic N) is 3. The van der Waals surface area contributed by atoms with Gasteiger partial charge in [0.15, 0.2) is 0 Å². The van der Waals surface area contributed by atoms with Gasteiger partial charge in [0.2, 0.25) is 0 Å². The first-order valence-electron chi connectivity index (χ1n) is 7.55. The number of carbonyl (C=O) groups is 3. The summed E-state index contributed by atoms with van der Waals surface area (Å²) < 4.78 is 5.06. The Bertz CT molecular complexity index is 789. The molecule has 25 heavy (non-hydrogen) atoms. The fourth-order valence-corrected chi connectivity index (χ4v) is 3.23. The molecule has 3 rings (SSSR count). The van der Waals surface area contributed by atoms with Gasteiger partial charge >= 0.3 is 17.8 Å². The monoisotopic (exact) mass is 359 g/mol. The summed E-state index contributed by atoms with van der Waals surface area (Å²) in [5.41, 5.74) is 1.43. The van der Waals surface area contributed by atoms with Crippen molar-refractivity contribution < 1.29 is 19.1 Å². The van der Waals surface area contributed by atoms with Crippen molar-refractivity contribution in [2.75, 3.05) is 25.7 Å². The highest BCUT2D eigenvalue weighted by atomic mass is 32.1. The average molecular weight is 359 g/mol. The average Bonchev–Trinajstić information content (AvgIpc) is 3.18. The van der Waals surface area contributed by atoms with Crippen LogP contribution in [0.2, 0.25) is 0 Å². The molecule has 4 amide bonds. The number of urea groups is 1. The number of methoxy groups -OCH3 is 1. The minimum atomic E-state index is -0.848. The SMILES string of the molecule is COc1ccc(N2C(=O)C(=O)N(CN(C)Cc3ccsc3)C2=O)cc1. The zero-order chi connectivity index (χ0) is 18.0. The van der Waals surface area contributed by atoms with Crippen LogP contribution in [0.15, 0.2) is 41.1 Å². The lowest BCUT2D eigenvalue weighted by Crippen LogP contribution is -2.40. The maximum absolute atomic E-state index is 12.6. The predicted octanol–water partition coefficient (Wildman–Crippen LogP) is 2.14. The lowest BCUT2D eigenvalue weighted by molar-refractivity contribution is -0.140. The van der Waals surface area contributed by atoms with Gasteiger partial charge in [-0.25, -0.2) is 14.6 Å². The van der Waals surface area contributed by atoms with Gasteiger partial charge in [-0.3, -0.25) is 14.5 Å². The molecule has 0 saturated carbocycles. The van der Waals surface area contributed by atoms with Crippen molar-refractivity contribution in [2.24, 2.45) is 0 Å². The van der Waals surface area contributed by atoms with Gasteiger partial charge in [-0.15, -0.1) is 0 Å². The van der Waals surface area contributed by atoms with Crippen molar-refractivity contribution in [3.63, 3.8) is 0 Å². The number of imide groups is 2. The lowest BCUT2D eigenvalue weighted by Gasteiger charge is -2.22. The van der Waals surface area contributed by atoms with Gasteiger partial charge in [0, 0.05) is 6.54 Å². The maximum atomic E-state index is 12.6. The molecule has 7 nitrogen and oxygen atoms in total. The van der Waals surface area contributed by atoms with E-state index in [0.29, 0.717) is 18.0 Å². The molecule has 1 fully saturated rings. The highest BCUT2D eigenvalue weighted by Crippen LogP contribution is 2.24. The van der Waals surface area contributed by atoms with Crippen LogP contribution in [0.5, 0.6) is 5.75 Å². The van der Waals surface area contributed by atoms with E-state index in [1.54, 1.807) is 42.6 Å². The van der Waals surface area contributed by atoms with Crippen molar-refractivity contribution >= 4 is 34.9 Å². The summed E-state index contributed by atoms with van der Waals surface area (Å²) in [7, 11) is 3.31. The molecule has 0 radical (unpaired) electrons. The van der Waals surface area contributed by atoms with Crippen LogP contribution in [0.4, 0.5) is 10.5 Å². The van der Waals surface area contributed by atoms with Crippen LogP contribution in [0.3, 0.4) is 0 Å². The summed E-state index contributed by atoms with van der Waals surface area (Å²) >= 11 is 1.58. The fraction of sp³-hybridized carbons (Fsp3) is 0.235. The molecule has 0 unspecified atom stereocenters. The number of ether oxygens (including phenoxy) is 1. The molecule has 0 spiro atoms. The standard InChI is InChI=1S/C17H17N3O4S/c1-18(9-12-7-8-25-10-12)11-19-15(21)16(22)20(17(19)23)13-3-5-14(24-2)6-4-13/h3-8,10H,9,11H2,1-2H3. The first-order chi connectivity index (χ1) is 12.0. The molecule has 0 bridgehead atoms. The number of thiophene rings is 1. The smallest absolute Gasteiger partial charge is 0.340 e. The number of amides is 4. The predicted molar refractivity (Wildman–Crippen MR) is 93.4 cm³/mol. The van der Waals surface area contributed by atoms with Gasteiger partial charge in [-0.05, 0) is 53.7 Å². The highest BCUT2D eigenvalue weighted by Gasteiger charge is 2.45. The molecule has 0 N–H and O–H groups in total. The van der Waals surface area contributed by atoms with Crippen LogP contribution in [-0.2, 0) is 16.1 Å². The number of anilines is 1. The Morgan fingerprint density at radius 3 is 2.40 bits per heavy atom. The molecule has 1 aliphatic rings. The molecule has 130 valence electrons. The molecule has 0 atom stereocenters. The molecule has 2 aromatic rings. The molecule has 1 saturated heterocycles. The lowest BCUT2D eigenvalue weighted by atomic mass is 10.3. The third-order valence-corrected chi connectivity index (χ3v) is 4.53. The van der Waals surface area contributed by atoms with E-state index in [1.165, 1.54) is 7.11 Å². The van der Waals surface area contributed by atoms with Crippen molar-refractivity contribution in [1.82, 2.24) is 9.80 Å². The van der Waals surface area contributed by atoms with Gasteiger partial charge in [0.1, 0.15) is 5.75 Å². The Morgan fingerprint density at radius 2 is 1.80 bits per heavy atom. The van der Waals surface area contributed by atoms with Gasteiger partial charge in [0.25, 0.3) is 0 Å². The molecule has 1 aromatic carbocycles. The first kappa shape index (κ1) is 17.1. The zero-order valence-corrected chi connectivity index (χ0v) is 14.7. The second-order valence-corrected chi connectivity index (χ2v) is 6.42. The second-order valence-electron chi connectivity index (χ2n) is 5.64. The molecule has 8 heteroatoms. The van der Waals surface area contributed by atoms with Crippen LogP contribution in [0.25, 0.3) is 0 Å². The van der Waals surface area contributed by atoms with E-state index in [-0.39, 0.29) is 6.67 Å². The van der Waals surface area contributed by atoms with E-state index < -0.39 is 17.8 Å². The largest absolute Gasteiger partial charge is 0.497 e. The number of hydrogen-bond acceptors (Lipinski definition) is 6. The third-order valence-electron chi connectivity index (χ3n) is 3.80. The van der Waals surface area contributed by atoms with Crippen LogP contribution >= 0.6 is 11.3 Å². The summed E-state index contributed by atoms with van der Waals surface area (Å²) in [6.45, 7) is 0.628. The number of hydrogen-bond donors (Lipinski definition) is 0. The van der Waals surface area contributed by atoms with Gasteiger partial charge in [-0.1, -0.05) is 0 Å². The van der Waals surface area contributed by atoms with Crippen LogP contribution in [0.1, 0.15) is 5.56 Å². The van der Waals surface area contributed by atoms with E-state index in [4.69, 9.17) is 4.74 Å². The Hall–Kier alpha value is -2.71. The Morgan fingerprint density at radius 1 is 1.08 bits per heavy atom. The minimum absolute atomic E-state index is 0.0475. The Labute approximate surface area is 149 Å². The Balaban J connectivity index is 1.74. The van der Waals surface area contributed by atoms with Crippen LogP contribution in [-0.4, -0.2) is 48.5 Å². The minimum Gasteiger partial charge on any atom is -0.497 e. The van der Waals surface area contributed by atoms with E-state index in [0.717, 1.165) is 15.4 Å². The normalized spacial score (nSPS) is 14.8. The van der Waals surface area contributed by atoms with Crippen molar-refractivity contribution in [1.29, 1.82) is 0 Å². The van der Waals surface area contributed by atoms with Crippen molar-refractivity contribution in [2.45, 2.75) is 6.54 Å². The number of rotatable bonds is 6. The highest BCUT2D eigenvalue weighted by molar-refractivity contribution is 7.07. The van der Waals surface area contributed by atoms with Crippen molar-refractivity contribution in [3.05, 3.63) is 46.7 Å². The molecule has 0 aliphatic carbocycles. The van der Waals surface area contributed by atoms with Crippen LogP contribution in [0, 0.1) is 0 Å². The third kappa shape index (κ3) is 3.40. The quantitative estimate of drug-likeness (QED) is 0.584. The maximum Gasteiger partial charge on any atom is 0.340 e. The number of carbonyl (C=O) groups excluding carboxylic acids is 3. The summed E-state index contributed by atoms with van der Waals surface area (Å²) in [5.74, 6) is -1.07. The van der Waals surface area contributed by atoms with E-state index in [9.17, 15) is 14.4 Å². The van der Waals surface area contributed by atoms with Gasteiger partial charge < -0.3 is 4.74 Å². The van der Waals surface area contributed by atoms with Crippen molar-refractivity contribution in [3.8, 4) is 5.75 Å². The Kier molecular flexibility index (Phi) is 4.82. The molecule has 1 aliphatic heterocycles. The number of benzene rings is 1. The summed E-state index contributed by atoms with van der Waals surface area (Å²) in [4.78, 5) is 40.7.